The van der Waals surface area contributed by atoms with Gasteiger partial charge in [-0.15, -0.1) is 0 Å². The van der Waals surface area contributed by atoms with Gasteiger partial charge in [0.05, 0.1) is 12.6 Å². The quantitative estimate of drug-likeness (QED) is 0.726. The van der Waals surface area contributed by atoms with E-state index < -0.39 is 24.0 Å². The largest absolute Gasteiger partial charge is 0.508 e. The number of esters is 1. The van der Waals surface area contributed by atoms with Crippen molar-refractivity contribution in [1.29, 1.82) is 0 Å². The van der Waals surface area contributed by atoms with Crippen LogP contribution in [0, 0.1) is 5.92 Å². The van der Waals surface area contributed by atoms with Gasteiger partial charge < -0.3 is 20.5 Å². The van der Waals surface area contributed by atoms with Crippen LogP contribution >= 0.6 is 15.9 Å². The number of benzene rings is 1. The molecule has 1 aromatic rings. The number of amides is 2. The number of ether oxygens (including phenoxy) is 1. The second-order valence-electron chi connectivity index (χ2n) is 4.54. The number of hydrogen-bond acceptors (Lipinski definition) is 4. The van der Waals surface area contributed by atoms with Crippen LogP contribution in [0.15, 0.2) is 34.9 Å². The lowest BCUT2D eigenvalue weighted by atomic mass is 9.89. The maximum absolute atomic E-state index is 12.1. The van der Waals surface area contributed by atoms with Crippen molar-refractivity contribution in [2.75, 3.05) is 6.61 Å². The highest BCUT2D eigenvalue weighted by molar-refractivity contribution is 9.10. The highest BCUT2D eigenvalue weighted by atomic mass is 79.9. The van der Waals surface area contributed by atoms with E-state index in [1.54, 1.807) is 13.0 Å². The van der Waals surface area contributed by atoms with Gasteiger partial charge in [-0.3, -0.25) is 4.79 Å². The SMILES string of the molecule is C=C1NC(=O)N[C@@H](c2cc(O)ccc2Br)[C@@H]1C(=O)OCC. The molecule has 0 aromatic heterocycles. The molecular formula is C14H15BrN2O4. The Morgan fingerprint density at radius 2 is 2.24 bits per heavy atom. The molecule has 6 nitrogen and oxygen atoms in total. The molecule has 0 unspecified atom stereocenters. The summed E-state index contributed by atoms with van der Waals surface area (Å²) < 4.78 is 5.70. The van der Waals surface area contributed by atoms with Gasteiger partial charge in [-0.05, 0) is 30.7 Å². The zero-order chi connectivity index (χ0) is 15.6. The normalized spacial score (nSPS) is 21.4. The first-order valence-corrected chi connectivity index (χ1v) is 7.14. The number of phenols is 1. The zero-order valence-corrected chi connectivity index (χ0v) is 12.9. The van der Waals surface area contributed by atoms with E-state index in [9.17, 15) is 14.7 Å². The minimum absolute atomic E-state index is 0.0363. The van der Waals surface area contributed by atoms with Crippen molar-refractivity contribution >= 4 is 27.9 Å². The number of phenolic OH excluding ortho intramolecular Hbond substituents is 1. The predicted molar refractivity (Wildman–Crippen MR) is 79.5 cm³/mol. The average Bonchev–Trinajstić information content (AvgIpc) is 2.40. The third-order valence-corrected chi connectivity index (χ3v) is 3.85. The summed E-state index contributed by atoms with van der Waals surface area (Å²) in [5.41, 5.74) is 0.835. The van der Waals surface area contributed by atoms with Crippen molar-refractivity contribution in [3.05, 3.63) is 40.5 Å². The molecule has 1 aliphatic heterocycles. The van der Waals surface area contributed by atoms with E-state index in [1.807, 2.05) is 0 Å². The number of carbonyl (C=O) groups is 2. The van der Waals surface area contributed by atoms with Crippen molar-refractivity contribution in [2.24, 2.45) is 5.92 Å². The van der Waals surface area contributed by atoms with Gasteiger partial charge in [-0.2, -0.15) is 0 Å². The molecule has 7 heteroatoms. The molecule has 1 heterocycles. The molecule has 112 valence electrons. The summed E-state index contributed by atoms with van der Waals surface area (Å²) in [7, 11) is 0. The maximum atomic E-state index is 12.1. The summed E-state index contributed by atoms with van der Waals surface area (Å²) in [5.74, 6) is -1.23. The second kappa shape index (κ2) is 6.17. The van der Waals surface area contributed by atoms with Crippen molar-refractivity contribution < 1.29 is 19.4 Å². The number of urea groups is 1. The van der Waals surface area contributed by atoms with Crippen LogP contribution in [0.25, 0.3) is 0 Å². The van der Waals surface area contributed by atoms with Crippen LogP contribution in [0.3, 0.4) is 0 Å². The molecule has 2 atom stereocenters. The molecule has 2 rings (SSSR count). The Kier molecular flexibility index (Phi) is 4.52. The third kappa shape index (κ3) is 3.18. The van der Waals surface area contributed by atoms with Crippen LogP contribution in [0.1, 0.15) is 18.5 Å². The number of rotatable bonds is 3. The molecule has 1 aliphatic rings. The second-order valence-corrected chi connectivity index (χ2v) is 5.39. The standard InChI is InChI=1S/C14H15BrN2O4/c1-3-21-13(19)11-7(2)16-14(20)17-12(11)9-6-8(18)4-5-10(9)15/h4-6,11-12,18H,2-3H2,1H3,(H2,16,17,20)/t11-,12+/m1/s1. The van der Waals surface area contributed by atoms with Gasteiger partial charge in [0.25, 0.3) is 0 Å². The van der Waals surface area contributed by atoms with Gasteiger partial charge >= 0.3 is 12.0 Å². The zero-order valence-electron chi connectivity index (χ0n) is 11.4. The molecule has 21 heavy (non-hydrogen) atoms. The molecule has 1 saturated heterocycles. The molecule has 1 aromatic carbocycles. The fraction of sp³-hybridized carbons (Fsp3) is 0.286. The summed E-state index contributed by atoms with van der Waals surface area (Å²) in [6, 6.07) is 3.50. The Morgan fingerprint density at radius 3 is 2.90 bits per heavy atom. The molecule has 0 bridgehead atoms. The van der Waals surface area contributed by atoms with E-state index in [2.05, 4.69) is 33.1 Å². The summed E-state index contributed by atoms with van der Waals surface area (Å²) in [6.07, 6.45) is 0. The lowest BCUT2D eigenvalue weighted by Gasteiger charge is -2.33. The summed E-state index contributed by atoms with van der Waals surface area (Å²) >= 11 is 3.36. The lowest BCUT2D eigenvalue weighted by molar-refractivity contribution is -0.147. The summed E-state index contributed by atoms with van der Waals surface area (Å²) in [5, 5.41) is 14.8. The Hall–Kier alpha value is -2.02. The topological polar surface area (TPSA) is 87.7 Å². The third-order valence-electron chi connectivity index (χ3n) is 3.12. The number of nitrogens with one attached hydrogen (secondary N) is 2. The van der Waals surface area contributed by atoms with E-state index in [0.29, 0.717) is 10.0 Å². The van der Waals surface area contributed by atoms with E-state index in [0.717, 1.165) is 0 Å². The van der Waals surface area contributed by atoms with Gasteiger partial charge in [0.1, 0.15) is 11.7 Å². The van der Waals surface area contributed by atoms with E-state index in [1.165, 1.54) is 12.1 Å². The maximum Gasteiger partial charge on any atom is 0.319 e. The lowest BCUT2D eigenvalue weighted by Crippen LogP contribution is -2.51. The molecule has 3 N–H and O–H groups in total. The van der Waals surface area contributed by atoms with Crippen molar-refractivity contribution in [2.45, 2.75) is 13.0 Å². The Labute approximate surface area is 130 Å². The van der Waals surface area contributed by atoms with Gasteiger partial charge in [-0.1, -0.05) is 22.5 Å². The summed E-state index contributed by atoms with van der Waals surface area (Å²) in [4.78, 5) is 23.8. The van der Waals surface area contributed by atoms with Crippen LogP contribution < -0.4 is 10.6 Å². The Bertz CT molecular complexity index is 603. The number of aromatic hydroxyl groups is 1. The highest BCUT2D eigenvalue weighted by Crippen LogP contribution is 2.36. The molecule has 0 saturated carbocycles. The average molecular weight is 355 g/mol. The first-order chi connectivity index (χ1) is 9.93. The minimum Gasteiger partial charge on any atom is -0.508 e. The number of carbonyl (C=O) groups excluding carboxylic acids is 2. The van der Waals surface area contributed by atoms with Crippen LogP contribution in [-0.2, 0) is 9.53 Å². The van der Waals surface area contributed by atoms with Crippen LogP contribution in [0.2, 0.25) is 0 Å². The van der Waals surface area contributed by atoms with Crippen molar-refractivity contribution in [3.8, 4) is 5.75 Å². The van der Waals surface area contributed by atoms with Gasteiger partial charge in [0, 0.05) is 10.2 Å². The Balaban J connectivity index is 2.44. The van der Waals surface area contributed by atoms with Gasteiger partial charge in [0.15, 0.2) is 0 Å². The number of halogens is 1. The molecule has 0 radical (unpaired) electrons. The van der Waals surface area contributed by atoms with E-state index in [4.69, 9.17) is 4.74 Å². The molecular weight excluding hydrogens is 340 g/mol. The monoisotopic (exact) mass is 354 g/mol. The fourth-order valence-corrected chi connectivity index (χ4v) is 2.72. The van der Waals surface area contributed by atoms with Crippen LogP contribution in [0.5, 0.6) is 5.75 Å². The van der Waals surface area contributed by atoms with Gasteiger partial charge in [0.2, 0.25) is 0 Å². The van der Waals surface area contributed by atoms with Gasteiger partial charge in [-0.25, -0.2) is 4.79 Å². The minimum atomic E-state index is -0.777. The molecule has 2 amide bonds. The van der Waals surface area contributed by atoms with E-state index >= 15 is 0 Å². The Morgan fingerprint density at radius 1 is 1.52 bits per heavy atom. The molecule has 1 fully saturated rings. The number of hydrogen-bond donors (Lipinski definition) is 3. The smallest absolute Gasteiger partial charge is 0.319 e. The molecule has 0 spiro atoms. The first kappa shape index (κ1) is 15.4. The van der Waals surface area contributed by atoms with Crippen molar-refractivity contribution in [1.82, 2.24) is 10.6 Å². The first-order valence-electron chi connectivity index (χ1n) is 6.35. The summed E-state index contributed by atoms with van der Waals surface area (Å²) in [6.45, 7) is 5.66. The van der Waals surface area contributed by atoms with Crippen LogP contribution in [0.4, 0.5) is 4.79 Å². The van der Waals surface area contributed by atoms with Crippen molar-refractivity contribution in [3.63, 3.8) is 0 Å². The highest BCUT2D eigenvalue weighted by Gasteiger charge is 2.39. The molecule has 0 aliphatic carbocycles. The van der Waals surface area contributed by atoms with E-state index in [-0.39, 0.29) is 18.1 Å². The fourth-order valence-electron chi connectivity index (χ4n) is 2.22. The van der Waals surface area contributed by atoms with Crippen LogP contribution in [-0.4, -0.2) is 23.7 Å². The predicted octanol–water partition coefficient (Wildman–Crippen LogP) is 2.20.